The van der Waals surface area contributed by atoms with Crippen LogP contribution in [0.3, 0.4) is 0 Å². The summed E-state index contributed by atoms with van der Waals surface area (Å²) in [4.78, 5) is 4.45. The predicted octanol–water partition coefficient (Wildman–Crippen LogP) is 3.62. The highest BCUT2D eigenvalue weighted by Crippen LogP contribution is 2.41. The summed E-state index contributed by atoms with van der Waals surface area (Å²) in [7, 11) is 1.69. The molecule has 0 bridgehead atoms. The molecule has 0 spiro atoms. The van der Waals surface area contributed by atoms with E-state index < -0.39 is 5.60 Å². The van der Waals surface area contributed by atoms with Gasteiger partial charge in [-0.1, -0.05) is 5.16 Å². The van der Waals surface area contributed by atoms with Crippen molar-refractivity contribution < 1.29 is 14.4 Å². The quantitative estimate of drug-likeness (QED) is 0.925. The third-order valence-corrected chi connectivity index (χ3v) is 4.50. The molecule has 1 aliphatic carbocycles. The minimum absolute atomic E-state index is 0.143. The molecule has 2 aromatic rings. The van der Waals surface area contributed by atoms with Gasteiger partial charge in [-0.25, -0.2) is 0 Å². The van der Waals surface area contributed by atoms with Crippen molar-refractivity contribution in [3.63, 3.8) is 0 Å². The lowest BCUT2D eigenvalue weighted by molar-refractivity contribution is -0.0178. The molecule has 0 radical (unpaired) electrons. The maximum atomic E-state index is 9.72. The fourth-order valence-corrected chi connectivity index (χ4v) is 2.88. The van der Waals surface area contributed by atoms with Crippen LogP contribution in [0.15, 0.2) is 27.2 Å². The van der Waals surface area contributed by atoms with Crippen LogP contribution in [0, 0.1) is 0 Å². The first-order valence-electron chi connectivity index (χ1n) is 6.53. The zero-order chi connectivity index (χ0) is 14.2. The van der Waals surface area contributed by atoms with E-state index in [0.717, 1.165) is 25.7 Å². The molecular formula is C14H15BrN2O3. The molecule has 0 atom stereocenters. The molecule has 0 amide bonds. The van der Waals surface area contributed by atoms with Gasteiger partial charge in [0.2, 0.25) is 5.82 Å². The minimum atomic E-state index is -0.418. The average molecular weight is 339 g/mol. The Balaban J connectivity index is 1.95. The van der Waals surface area contributed by atoms with E-state index in [1.807, 2.05) is 6.07 Å². The van der Waals surface area contributed by atoms with E-state index in [4.69, 9.17) is 9.26 Å². The Morgan fingerprint density at radius 1 is 1.35 bits per heavy atom. The number of halogens is 1. The number of benzene rings is 1. The topological polar surface area (TPSA) is 68.4 Å². The molecule has 1 heterocycles. The van der Waals surface area contributed by atoms with Crippen LogP contribution in [0.25, 0.3) is 11.5 Å². The van der Waals surface area contributed by atoms with Crippen molar-refractivity contribution in [3.05, 3.63) is 28.5 Å². The molecule has 1 aromatic carbocycles. The molecule has 1 aromatic heterocycles. The average Bonchev–Trinajstić information content (AvgIpc) is 3.10. The number of phenolic OH excluding ortho intramolecular Hbond substituents is 1. The van der Waals surface area contributed by atoms with Crippen LogP contribution >= 0.6 is 15.9 Å². The van der Waals surface area contributed by atoms with Crippen molar-refractivity contribution in [1.82, 2.24) is 10.1 Å². The van der Waals surface area contributed by atoms with Crippen LogP contribution in [0.4, 0.5) is 0 Å². The highest BCUT2D eigenvalue weighted by atomic mass is 79.9. The lowest BCUT2D eigenvalue weighted by atomic mass is 10.0. The minimum Gasteiger partial charge on any atom is -0.507 e. The summed E-state index contributed by atoms with van der Waals surface area (Å²) in [6.45, 7) is 0. The summed E-state index contributed by atoms with van der Waals surface area (Å²) in [6.07, 6.45) is 4.04. The highest BCUT2D eigenvalue weighted by Gasteiger charge is 2.40. The number of aromatic nitrogens is 2. The van der Waals surface area contributed by atoms with Crippen LogP contribution in [0.1, 0.15) is 31.5 Å². The van der Waals surface area contributed by atoms with E-state index in [0.29, 0.717) is 21.8 Å². The summed E-state index contributed by atoms with van der Waals surface area (Å²) >= 11 is 3.24. The lowest BCUT2D eigenvalue weighted by Gasteiger charge is -2.22. The van der Waals surface area contributed by atoms with Crippen molar-refractivity contribution in [2.45, 2.75) is 31.3 Å². The van der Waals surface area contributed by atoms with Crippen LogP contribution in [-0.2, 0) is 10.3 Å². The van der Waals surface area contributed by atoms with E-state index in [1.54, 1.807) is 19.2 Å². The van der Waals surface area contributed by atoms with Gasteiger partial charge in [0.05, 0.1) is 4.47 Å². The SMILES string of the molecule is COC1(c2noc(-c3ccc(Br)c(O)c3)n2)CCCC1. The second-order valence-electron chi connectivity index (χ2n) is 4.99. The molecule has 6 heteroatoms. The molecule has 1 aliphatic rings. The number of aromatic hydroxyl groups is 1. The second-order valence-corrected chi connectivity index (χ2v) is 5.85. The maximum absolute atomic E-state index is 9.72. The largest absolute Gasteiger partial charge is 0.507 e. The fraction of sp³-hybridized carbons (Fsp3) is 0.429. The molecule has 0 aliphatic heterocycles. The van der Waals surface area contributed by atoms with Crippen LogP contribution < -0.4 is 0 Å². The number of phenols is 1. The summed E-state index contributed by atoms with van der Waals surface area (Å²) in [6, 6.07) is 5.15. The molecule has 3 rings (SSSR count). The van der Waals surface area contributed by atoms with E-state index >= 15 is 0 Å². The molecule has 5 nitrogen and oxygen atoms in total. The molecular weight excluding hydrogens is 324 g/mol. The lowest BCUT2D eigenvalue weighted by Crippen LogP contribution is -2.25. The Kier molecular flexibility index (Phi) is 3.52. The first-order valence-corrected chi connectivity index (χ1v) is 7.32. The van der Waals surface area contributed by atoms with E-state index in [1.165, 1.54) is 0 Å². The Morgan fingerprint density at radius 3 is 2.75 bits per heavy atom. The van der Waals surface area contributed by atoms with Gasteiger partial charge >= 0.3 is 0 Å². The Labute approximate surface area is 125 Å². The van der Waals surface area contributed by atoms with Crippen molar-refractivity contribution in [2.24, 2.45) is 0 Å². The third-order valence-electron chi connectivity index (χ3n) is 3.83. The summed E-state index contributed by atoms with van der Waals surface area (Å²) < 4.78 is 11.6. The predicted molar refractivity (Wildman–Crippen MR) is 76.3 cm³/mol. The van der Waals surface area contributed by atoms with Gasteiger partial charge in [0.1, 0.15) is 11.4 Å². The summed E-state index contributed by atoms with van der Waals surface area (Å²) in [5.74, 6) is 1.13. The molecule has 1 saturated carbocycles. The number of hydrogen-bond acceptors (Lipinski definition) is 5. The van der Waals surface area contributed by atoms with Gasteiger partial charge < -0.3 is 14.4 Å². The van der Waals surface area contributed by atoms with Gasteiger partial charge in [-0.2, -0.15) is 4.98 Å². The normalized spacial score (nSPS) is 17.5. The van der Waals surface area contributed by atoms with Crippen molar-refractivity contribution in [3.8, 4) is 17.2 Å². The monoisotopic (exact) mass is 338 g/mol. The van der Waals surface area contributed by atoms with Crippen LogP contribution in [0.5, 0.6) is 5.75 Å². The molecule has 0 unspecified atom stereocenters. The van der Waals surface area contributed by atoms with Crippen molar-refractivity contribution in [1.29, 1.82) is 0 Å². The first kappa shape index (κ1) is 13.6. The van der Waals surface area contributed by atoms with E-state index in [-0.39, 0.29) is 5.75 Å². The third kappa shape index (κ3) is 2.23. The van der Waals surface area contributed by atoms with E-state index in [2.05, 4.69) is 26.1 Å². The maximum Gasteiger partial charge on any atom is 0.258 e. The zero-order valence-electron chi connectivity index (χ0n) is 11.1. The van der Waals surface area contributed by atoms with Crippen molar-refractivity contribution in [2.75, 3.05) is 7.11 Å². The molecule has 1 N–H and O–H groups in total. The first-order chi connectivity index (χ1) is 9.64. The van der Waals surface area contributed by atoms with Crippen molar-refractivity contribution >= 4 is 15.9 Å². The summed E-state index contributed by atoms with van der Waals surface area (Å²) in [5, 5.41) is 13.8. The number of methoxy groups -OCH3 is 1. The van der Waals surface area contributed by atoms with Crippen LogP contribution in [-0.4, -0.2) is 22.4 Å². The van der Waals surface area contributed by atoms with Gasteiger partial charge in [-0.15, -0.1) is 0 Å². The van der Waals surface area contributed by atoms with Gasteiger partial charge in [-0.05, 0) is 59.8 Å². The number of ether oxygens (including phenoxy) is 1. The Hall–Kier alpha value is -1.40. The zero-order valence-corrected chi connectivity index (χ0v) is 12.7. The molecule has 106 valence electrons. The number of rotatable bonds is 3. The van der Waals surface area contributed by atoms with Gasteiger partial charge in [0, 0.05) is 12.7 Å². The Morgan fingerprint density at radius 2 is 2.10 bits per heavy atom. The Bertz CT molecular complexity index is 621. The number of hydrogen-bond donors (Lipinski definition) is 1. The molecule has 1 fully saturated rings. The van der Waals surface area contributed by atoms with Gasteiger partial charge in [0.25, 0.3) is 5.89 Å². The summed E-state index contributed by atoms with van der Waals surface area (Å²) in [5.41, 5.74) is 0.271. The number of nitrogens with zero attached hydrogens (tertiary/aromatic N) is 2. The molecule has 0 saturated heterocycles. The van der Waals surface area contributed by atoms with E-state index in [9.17, 15) is 5.11 Å². The highest BCUT2D eigenvalue weighted by molar-refractivity contribution is 9.10. The standard InChI is InChI=1S/C14H15BrN2O3/c1-19-14(6-2-3-7-14)13-16-12(20-17-13)9-4-5-10(15)11(18)8-9/h4-5,8,18H,2-3,6-7H2,1H3. The van der Waals surface area contributed by atoms with Crippen LogP contribution in [0.2, 0.25) is 0 Å². The van der Waals surface area contributed by atoms with Gasteiger partial charge in [-0.3, -0.25) is 0 Å². The smallest absolute Gasteiger partial charge is 0.258 e. The molecule has 20 heavy (non-hydrogen) atoms. The van der Waals surface area contributed by atoms with Gasteiger partial charge in [0.15, 0.2) is 0 Å². The fourth-order valence-electron chi connectivity index (χ4n) is 2.64. The second kappa shape index (κ2) is 5.18.